The maximum atomic E-state index is 12.4. The molecule has 0 atom stereocenters. The van der Waals surface area contributed by atoms with Gasteiger partial charge in [-0.1, -0.05) is 13.8 Å². The highest BCUT2D eigenvalue weighted by atomic mass is 19.4. The number of carboxylic acids is 1. The van der Waals surface area contributed by atoms with E-state index in [0.29, 0.717) is 29.8 Å². The van der Waals surface area contributed by atoms with E-state index in [4.69, 9.17) is 5.11 Å². The van der Waals surface area contributed by atoms with Crippen LogP contribution in [0.25, 0.3) is 0 Å². The molecule has 1 saturated heterocycles. The van der Waals surface area contributed by atoms with Crippen LogP contribution in [0.1, 0.15) is 26.7 Å². The fraction of sp³-hybridized carbons (Fsp3) is 0.846. The molecule has 0 radical (unpaired) electrons. The summed E-state index contributed by atoms with van der Waals surface area (Å²) in [6, 6.07) is -0.850. The zero-order valence-corrected chi connectivity index (χ0v) is 12.2. The number of hydrogen-bond donors (Lipinski definition) is 1. The molecule has 0 unspecified atom stereocenters. The van der Waals surface area contributed by atoms with Crippen LogP contribution in [-0.4, -0.2) is 59.3 Å². The summed E-state index contributed by atoms with van der Waals surface area (Å²) in [7, 11) is 0. The van der Waals surface area contributed by atoms with E-state index < -0.39 is 31.3 Å². The second-order valence-corrected chi connectivity index (χ2v) is 5.72. The Kier molecular flexibility index (Phi) is 5.86. The Labute approximate surface area is 121 Å². The Bertz CT molecular complexity index is 377. The van der Waals surface area contributed by atoms with Gasteiger partial charge in [0, 0.05) is 13.1 Å². The van der Waals surface area contributed by atoms with Gasteiger partial charge >= 0.3 is 18.2 Å². The van der Waals surface area contributed by atoms with Gasteiger partial charge in [-0.15, -0.1) is 0 Å². The number of carboxylic acid groups (broad SMARTS) is 1. The highest BCUT2D eigenvalue weighted by Crippen LogP contribution is 2.25. The fourth-order valence-corrected chi connectivity index (χ4v) is 2.53. The molecule has 21 heavy (non-hydrogen) atoms. The zero-order valence-electron chi connectivity index (χ0n) is 12.2. The van der Waals surface area contributed by atoms with Gasteiger partial charge < -0.3 is 14.9 Å². The van der Waals surface area contributed by atoms with Crippen molar-refractivity contribution in [3.8, 4) is 0 Å². The van der Waals surface area contributed by atoms with Gasteiger partial charge in [-0.05, 0) is 24.7 Å². The van der Waals surface area contributed by atoms with Crippen molar-refractivity contribution in [2.75, 3.05) is 26.2 Å². The molecular weight excluding hydrogens is 289 g/mol. The number of piperidine rings is 1. The second kappa shape index (κ2) is 7.00. The molecule has 0 aromatic heterocycles. The Morgan fingerprint density at radius 2 is 1.81 bits per heavy atom. The summed E-state index contributed by atoms with van der Waals surface area (Å²) in [5, 5.41) is 8.66. The molecule has 0 spiro atoms. The van der Waals surface area contributed by atoms with E-state index in [2.05, 4.69) is 13.8 Å². The van der Waals surface area contributed by atoms with E-state index in [9.17, 15) is 22.8 Å². The fourth-order valence-electron chi connectivity index (χ4n) is 2.53. The smallest absolute Gasteiger partial charge is 0.406 e. The van der Waals surface area contributed by atoms with Crippen LogP contribution < -0.4 is 0 Å². The van der Waals surface area contributed by atoms with Crippen molar-refractivity contribution in [2.24, 2.45) is 11.8 Å². The lowest BCUT2D eigenvalue weighted by Crippen LogP contribution is -2.51. The van der Waals surface area contributed by atoms with E-state index in [1.54, 1.807) is 0 Å². The number of carbonyl (C=O) groups excluding carboxylic acids is 1. The molecule has 0 aliphatic carbocycles. The minimum absolute atomic E-state index is 0.345. The summed E-state index contributed by atoms with van der Waals surface area (Å²) in [6.45, 7) is 2.40. The van der Waals surface area contributed by atoms with E-state index in [1.807, 2.05) is 0 Å². The SMILES string of the molecule is CC(C)C1CCN(C(=O)N(CC(=O)O)CC(F)(F)F)CC1. The predicted octanol–water partition coefficient (Wildman–Crippen LogP) is 2.42. The van der Waals surface area contributed by atoms with Crippen LogP contribution in [0.4, 0.5) is 18.0 Å². The number of alkyl halides is 3. The number of likely N-dealkylation sites (tertiary alicyclic amines) is 1. The number of amides is 2. The monoisotopic (exact) mass is 310 g/mol. The molecule has 1 aliphatic heterocycles. The van der Waals surface area contributed by atoms with Gasteiger partial charge in [-0.25, -0.2) is 4.79 Å². The third-order valence-electron chi connectivity index (χ3n) is 3.72. The molecule has 0 bridgehead atoms. The lowest BCUT2D eigenvalue weighted by Gasteiger charge is -2.36. The molecule has 0 aromatic carbocycles. The highest BCUT2D eigenvalue weighted by molar-refractivity contribution is 5.80. The molecule has 122 valence electrons. The maximum absolute atomic E-state index is 12.4. The van der Waals surface area contributed by atoms with Crippen molar-refractivity contribution in [2.45, 2.75) is 32.9 Å². The molecule has 0 aromatic rings. The summed E-state index contributed by atoms with van der Waals surface area (Å²) in [5.41, 5.74) is 0. The first-order valence-corrected chi connectivity index (χ1v) is 6.92. The first kappa shape index (κ1) is 17.6. The van der Waals surface area contributed by atoms with Crippen LogP contribution in [0.3, 0.4) is 0 Å². The molecular formula is C13H21F3N2O3. The molecule has 1 rings (SSSR count). The average molecular weight is 310 g/mol. The topological polar surface area (TPSA) is 60.9 Å². The van der Waals surface area contributed by atoms with Crippen molar-refractivity contribution < 1.29 is 27.9 Å². The number of aliphatic carboxylic acids is 1. The Balaban J connectivity index is 2.66. The van der Waals surface area contributed by atoms with Crippen LogP contribution in [0.2, 0.25) is 0 Å². The third kappa shape index (κ3) is 5.81. The molecule has 5 nitrogen and oxygen atoms in total. The van der Waals surface area contributed by atoms with E-state index >= 15 is 0 Å². The van der Waals surface area contributed by atoms with Crippen LogP contribution in [0, 0.1) is 11.8 Å². The number of urea groups is 1. The molecule has 1 heterocycles. The van der Waals surface area contributed by atoms with Gasteiger partial charge in [0.15, 0.2) is 0 Å². The summed E-state index contributed by atoms with van der Waals surface area (Å²) in [6.07, 6.45) is -3.14. The van der Waals surface area contributed by atoms with Crippen LogP contribution in [0.5, 0.6) is 0 Å². The Morgan fingerprint density at radius 3 is 2.19 bits per heavy atom. The first-order chi connectivity index (χ1) is 9.60. The van der Waals surface area contributed by atoms with Gasteiger partial charge in [0.1, 0.15) is 13.1 Å². The van der Waals surface area contributed by atoms with Crippen molar-refractivity contribution in [3.05, 3.63) is 0 Å². The predicted molar refractivity (Wildman–Crippen MR) is 69.8 cm³/mol. The van der Waals surface area contributed by atoms with Crippen LogP contribution in [0.15, 0.2) is 0 Å². The van der Waals surface area contributed by atoms with E-state index in [-0.39, 0.29) is 0 Å². The second-order valence-electron chi connectivity index (χ2n) is 5.72. The van der Waals surface area contributed by atoms with Crippen molar-refractivity contribution in [1.29, 1.82) is 0 Å². The average Bonchev–Trinajstić information content (AvgIpc) is 2.35. The van der Waals surface area contributed by atoms with Gasteiger partial charge in [-0.2, -0.15) is 13.2 Å². The van der Waals surface area contributed by atoms with E-state index in [1.165, 1.54) is 4.90 Å². The number of hydrogen-bond acceptors (Lipinski definition) is 2. The zero-order chi connectivity index (χ0) is 16.2. The Hall–Kier alpha value is -1.47. The molecule has 1 N–H and O–H groups in total. The molecule has 1 aliphatic rings. The maximum Gasteiger partial charge on any atom is 0.406 e. The third-order valence-corrected chi connectivity index (χ3v) is 3.72. The van der Waals surface area contributed by atoms with Gasteiger partial charge in [-0.3, -0.25) is 4.79 Å². The van der Waals surface area contributed by atoms with Crippen molar-refractivity contribution >= 4 is 12.0 Å². The van der Waals surface area contributed by atoms with Crippen LogP contribution >= 0.6 is 0 Å². The van der Waals surface area contributed by atoms with E-state index in [0.717, 1.165) is 12.8 Å². The van der Waals surface area contributed by atoms with Gasteiger partial charge in [0.05, 0.1) is 0 Å². The van der Waals surface area contributed by atoms with Gasteiger partial charge in [0.2, 0.25) is 0 Å². The highest BCUT2D eigenvalue weighted by Gasteiger charge is 2.36. The van der Waals surface area contributed by atoms with Crippen molar-refractivity contribution in [1.82, 2.24) is 9.80 Å². The number of nitrogens with zero attached hydrogens (tertiary/aromatic N) is 2. The summed E-state index contributed by atoms with van der Waals surface area (Å²) in [4.78, 5) is 24.4. The van der Waals surface area contributed by atoms with Crippen molar-refractivity contribution in [3.63, 3.8) is 0 Å². The lowest BCUT2D eigenvalue weighted by molar-refractivity contribution is -0.149. The molecule has 8 heteroatoms. The summed E-state index contributed by atoms with van der Waals surface area (Å²) < 4.78 is 37.3. The largest absolute Gasteiger partial charge is 0.480 e. The molecule has 1 fully saturated rings. The normalized spacial score (nSPS) is 17.1. The first-order valence-electron chi connectivity index (χ1n) is 6.92. The minimum Gasteiger partial charge on any atom is -0.480 e. The minimum atomic E-state index is -4.61. The molecule has 0 saturated carbocycles. The molecule has 2 amide bonds. The summed E-state index contributed by atoms with van der Waals surface area (Å²) >= 11 is 0. The lowest BCUT2D eigenvalue weighted by atomic mass is 9.87. The number of rotatable bonds is 4. The summed E-state index contributed by atoms with van der Waals surface area (Å²) in [5.74, 6) is -0.540. The standard InChI is InChI=1S/C13H21F3N2O3/c1-9(2)10-3-5-17(6-4-10)12(21)18(7-11(19)20)8-13(14,15)16/h9-10H,3-8H2,1-2H3,(H,19,20). The van der Waals surface area contributed by atoms with Crippen LogP contribution in [-0.2, 0) is 4.79 Å². The quantitative estimate of drug-likeness (QED) is 0.867. The number of carbonyl (C=O) groups is 2. The number of halogens is 3. The Morgan fingerprint density at radius 1 is 1.29 bits per heavy atom. The van der Waals surface area contributed by atoms with Gasteiger partial charge in [0.25, 0.3) is 0 Å².